The summed E-state index contributed by atoms with van der Waals surface area (Å²) in [6, 6.07) is -0.269. The van der Waals surface area contributed by atoms with Crippen LogP contribution in [0.5, 0.6) is 0 Å². The van der Waals surface area contributed by atoms with Gasteiger partial charge in [-0.05, 0) is 68.2 Å². The van der Waals surface area contributed by atoms with Crippen molar-refractivity contribution in [3.05, 3.63) is 0 Å². The van der Waals surface area contributed by atoms with E-state index in [1.165, 1.54) is 0 Å². The van der Waals surface area contributed by atoms with Crippen LogP contribution in [0.2, 0.25) is 0 Å². The molecule has 0 bridgehead atoms. The van der Waals surface area contributed by atoms with Gasteiger partial charge in [0.15, 0.2) is 0 Å². The number of nitrogens with zero attached hydrogens (tertiary/aromatic N) is 2. The second kappa shape index (κ2) is 9.31. The minimum Gasteiger partial charge on any atom is -0.444 e. The molecule has 0 aromatic rings. The maximum absolute atomic E-state index is 11.6. The van der Waals surface area contributed by atoms with E-state index in [2.05, 4.69) is 0 Å². The Hall–Kier alpha value is -1.54. The number of hydrogen-bond acceptors (Lipinski definition) is 6. The molecule has 2 aliphatic rings. The van der Waals surface area contributed by atoms with Gasteiger partial charge in [0.1, 0.15) is 11.2 Å². The van der Waals surface area contributed by atoms with Crippen molar-refractivity contribution in [2.75, 3.05) is 13.1 Å². The molecular weight excluding hydrogens is 364 g/mol. The lowest BCUT2D eigenvalue weighted by Crippen LogP contribution is -2.40. The van der Waals surface area contributed by atoms with Crippen molar-refractivity contribution in [3.8, 4) is 0 Å². The first-order valence-corrected chi connectivity index (χ1v) is 9.98. The Bertz CT molecular complexity index is 492. The normalized spacial score (nSPS) is 27.9. The molecule has 4 atom stereocenters. The molecule has 2 saturated heterocycles. The Kier molecular flexibility index (Phi) is 8.14. The SMILES string of the molecule is C[C@@H]1[C@@H](O)CCN1C(=O)OC(C)(C)C.C[C@H]1[C@H](O)CCN1C(=O)OC(C)(C)C. The fourth-order valence-corrected chi connectivity index (χ4v) is 3.00. The zero-order valence-electron chi connectivity index (χ0n) is 18.6. The van der Waals surface area contributed by atoms with Crippen LogP contribution in [0.4, 0.5) is 9.59 Å². The maximum atomic E-state index is 11.6. The molecule has 0 aromatic heterocycles. The van der Waals surface area contributed by atoms with Gasteiger partial charge in [-0.2, -0.15) is 0 Å². The summed E-state index contributed by atoms with van der Waals surface area (Å²) in [5.74, 6) is 0. The maximum Gasteiger partial charge on any atom is 0.410 e. The highest BCUT2D eigenvalue weighted by Gasteiger charge is 2.36. The number of hydrogen-bond donors (Lipinski definition) is 2. The summed E-state index contributed by atoms with van der Waals surface area (Å²) in [6.07, 6.45) is -0.214. The average molecular weight is 403 g/mol. The molecule has 2 aliphatic heterocycles. The van der Waals surface area contributed by atoms with E-state index in [1.807, 2.05) is 55.4 Å². The van der Waals surface area contributed by atoms with Crippen molar-refractivity contribution in [2.45, 2.75) is 104 Å². The van der Waals surface area contributed by atoms with E-state index in [0.717, 1.165) is 0 Å². The fourth-order valence-electron chi connectivity index (χ4n) is 3.00. The van der Waals surface area contributed by atoms with Gasteiger partial charge in [-0.15, -0.1) is 0 Å². The third-order valence-electron chi connectivity index (χ3n) is 4.68. The van der Waals surface area contributed by atoms with E-state index >= 15 is 0 Å². The minimum atomic E-state index is -0.468. The lowest BCUT2D eigenvalue weighted by Gasteiger charge is -2.27. The van der Waals surface area contributed by atoms with Gasteiger partial charge in [0.2, 0.25) is 0 Å². The van der Waals surface area contributed by atoms with E-state index in [9.17, 15) is 19.8 Å². The monoisotopic (exact) mass is 402 g/mol. The standard InChI is InChI=1S/2C10H19NO3/c2*1-7-8(12)5-6-11(7)9(13)14-10(2,3)4/h2*7-8,12H,5-6H2,1-4H3/t2*7-,8+/m10/s1. The third-order valence-corrected chi connectivity index (χ3v) is 4.68. The third kappa shape index (κ3) is 7.47. The second-order valence-electron chi connectivity index (χ2n) is 9.54. The second-order valence-corrected chi connectivity index (χ2v) is 9.54. The lowest BCUT2D eigenvalue weighted by molar-refractivity contribution is 0.0170. The summed E-state index contributed by atoms with van der Waals surface area (Å²) < 4.78 is 10.4. The molecule has 2 fully saturated rings. The molecule has 0 unspecified atom stereocenters. The predicted octanol–water partition coefficient (Wildman–Crippen LogP) is 2.75. The van der Waals surface area contributed by atoms with Crippen molar-refractivity contribution < 1.29 is 29.3 Å². The highest BCUT2D eigenvalue weighted by Crippen LogP contribution is 2.21. The van der Waals surface area contributed by atoms with Crippen LogP contribution in [0, 0.1) is 0 Å². The molecule has 8 nitrogen and oxygen atoms in total. The van der Waals surface area contributed by atoms with Crippen LogP contribution in [0.1, 0.15) is 68.2 Å². The molecule has 0 aromatic carbocycles. The number of ether oxygens (including phenoxy) is 2. The Balaban J connectivity index is 0.000000280. The Morgan fingerprint density at radius 1 is 0.750 bits per heavy atom. The van der Waals surface area contributed by atoms with E-state index in [-0.39, 0.29) is 24.3 Å². The first kappa shape index (κ1) is 24.5. The van der Waals surface area contributed by atoms with Crippen LogP contribution in [0.15, 0.2) is 0 Å². The predicted molar refractivity (Wildman–Crippen MR) is 106 cm³/mol. The topological polar surface area (TPSA) is 99.5 Å². The number of carbonyl (C=O) groups excluding carboxylic acids is 2. The largest absolute Gasteiger partial charge is 0.444 e. The fraction of sp³-hybridized carbons (Fsp3) is 0.900. The molecule has 0 aliphatic carbocycles. The molecule has 164 valence electrons. The van der Waals surface area contributed by atoms with Gasteiger partial charge in [-0.1, -0.05) is 0 Å². The van der Waals surface area contributed by atoms with Gasteiger partial charge in [-0.25, -0.2) is 9.59 Å². The molecule has 2 rings (SSSR count). The van der Waals surface area contributed by atoms with Gasteiger partial charge in [0.25, 0.3) is 0 Å². The molecule has 2 heterocycles. The number of carbonyl (C=O) groups is 2. The van der Waals surface area contributed by atoms with Gasteiger partial charge in [0.05, 0.1) is 24.3 Å². The Morgan fingerprint density at radius 3 is 1.21 bits per heavy atom. The van der Waals surface area contributed by atoms with Crippen molar-refractivity contribution in [1.82, 2.24) is 9.80 Å². The van der Waals surface area contributed by atoms with Crippen LogP contribution < -0.4 is 0 Å². The van der Waals surface area contributed by atoms with Crippen molar-refractivity contribution in [3.63, 3.8) is 0 Å². The van der Waals surface area contributed by atoms with Gasteiger partial charge >= 0.3 is 12.2 Å². The molecule has 0 saturated carbocycles. The minimum absolute atomic E-state index is 0.134. The Morgan fingerprint density at radius 2 is 1.04 bits per heavy atom. The first-order valence-electron chi connectivity index (χ1n) is 9.98. The highest BCUT2D eigenvalue weighted by molar-refractivity contribution is 5.69. The average Bonchev–Trinajstić information content (AvgIpc) is 3.00. The molecule has 28 heavy (non-hydrogen) atoms. The van der Waals surface area contributed by atoms with Crippen LogP contribution >= 0.6 is 0 Å². The molecule has 2 amide bonds. The lowest BCUT2D eigenvalue weighted by atomic mass is 10.2. The number of aliphatic hydroxyl groups is 2. The van der Waals surface area contributed by atoms with Gasteiger partial charge < -0.3 is 29.5 Å². The van der Waals surface area contributed by atoms with E-state index in [0.29, 0.717) is 25.9 Å². The van der Waals surface area contributed by atoms with Crippen molar-refractivity contribution in [2.24, 2.45) is 0 Å². The number of likely N-dealkylation sites (tertiary alicyclic amines) is 2. The van der Waals surface area contributed by atoms with Crippen LogP contribution in [-0.4, -0.2) is 80.8 Å². The highest BCUT2D eigenvalue weighted by atomic mass is 16.6. The van der Waals surface area contributed by atoms with E-state index < -0.39 is 23.4 Å². The summed E-state index contributed by atoms with van der Waals surface area (Å²) in [5.41, 5.74) is -0.936. The summed E-state index contributed by atoms with van der Waals surface area (Å²) in [7, 11) is 0. The zero-order valence-corrected chi connectivity index (χ0v) is 18.6. The summed E-state index contributed by atoms with van der Waals surface area (Å²) in [6.45, 7) is 15.8. The van der Waals surface area contributed by atoms with E-state index in [1.54, 1.807) is 9.80 Å². The van der Waals surface area contributed by atoms with Gasteiger partial charge in [-0.3, -0.25) is 0 Å². The quantitative estimate of drug-likeness (QED) is 0.646. The molecule has 0 radical (unpaired) electrons. The summed E-state index contributed by atoms with van der Waals surface area (Å²) >= 11 is 0. The molecule has 0 spiro atoms. The van der Waals surface area contributed by atoms with Crippen molar-refractivity contribution >= 4 is 12.2 Å². The number of rotatable bonds is 0. The van der Waals surface area contributed by atoms with E-state index in [4.69, 9.17) is 9.47 Å². The molecule has 2 N–H and O–H groups in total. The molecule has 8 heteroatoms. The molecular formula is C20H38N2O6. The number of amides is 2. The summed E-state index contributed by atoms with van der Waals surface area (Å²) in [4.78, 5) is 26.4. The van der Waals surface area contributed by atoms with Crippen LogP contribution in [0.3, 0.4) is 0 Å². The zero-order chi connectivity index (χ0) is 21.9. The van der Waals surface area contributed by atoms with Gasteiger partial charge in [0, 0.05) is 13.1 Å². The smallest absolute Gasteiger partial charge is 0.410 e. The van der Waals surface area contributed by atoms with Crippen molar-refractivity contribution in [1.29, 1.82) is 0 Å². The Labute approximate surface area is 168 Å². The summed E-state index contributed by atoms with van der Waals surface area (Å²) in [5, 5.41) is 18.9. The van der Waals surface area contributed by atoms with Crippen LogP contribution in [-0.2, 0) is 9.47 Å². The number of aliphatic hydroxyl groups excluding tert-OH is 2. The first-order chi connectivity index (χ1) is 12.6. The van der Waals surface area contributed by atoms with Crippen LogP contribution in [0.25, 0.3) is 0 Å².